The third-order valence-corrected chi connectivity index (χ3v) is 5.18. The van der Waals surface area contributed by atoms with E-state index >= 15 is 0 Å². The lowest BCUT2D eigenvalue weighted by molar-refractivity contribution is -0.117. The number of nitrogens with zero attached hydrogens (tertiary/aromatic N) is 3. The molecule has 1 aliphatic rings. The van der Waals surface area contributed by atoms with E-state index in [-0.39, 0.29) is 11.8 Å². The molecular formula is C22H23N3O4. The number of hydrogen-bond donors (Lipinski definition) is 0. The number of anilines is 1. The molecule has 1 fully saturated rings. The highest BCUT2D eigenvalue weighted by molar-refractivity contribution is 5.97. The van der Waals surface area contributed by atoms with Crippen LogP contribution >= 0.6 is 0 Å². The van der Waals surface area contributed by atoms with E-state index in [1.165, 1.54) is 0 Å². The van der Waals surface area contributed by atoms with Crippen LogP contribution in [0.4, 0.5) is 5.69 Å². The minimum absolute atomic E-state index is 0.0616. The molecule has 0 spiro atoms. The number of carbonyl (C=O) groups is 1. The Labute approximate surface area is 169 Å². The Morgan fingerprint density at radius 1 is 1.07 bits per heavy atom. The predicted octanol–water partition coefficient (Wildman–Crippen LogP) is 3.89. The van der Waals surface area contributed by atoms with Crippen molar-refractivity contribution in [1.82, 2.24) is 10.1 Å². The van der Waals surface area contributed by atoms with Crippen LogP contribution in [-0.2, 0) is 4.79 Å². The van der Waals surface area contributed by atoms with E-state index in [1.807, 2.05) is 49.1 Å². The highest BCUT2D eigenvalue weighted by atomic mass is 16.5. The summed E-state index contributed by atoms with van der Waals surface area (Å²) in [6.07, 6.45) is 0.344. The van der Waals surface area contributed by atoms with Gasteiger partial charge in [0.05, 0.1) is 20.1 Å². The zero-order chi connectivity index (χ0) is 20.5. The first-order valence-corrected chi connectivity index (χ1v) is 9.43. The van der Waals surface area contributed by atoms with Gasteiger partial charge in [0.2, 0.25) is 17.6 Å². The maximum absolute atomic E-state index is 12.7. The van der Waals surface area contributed by atoms with E-state index < -0.39 is 0 Å². The number of rotatable bonds is 5. The molecule has 2 aromatic carbocycles. The Kier molecular flexibility index (Phi) is 4.96. The summed E-state index contributed by atoms with van der Waals surface area (Å²) in [6, 6.07) is 11.5. The van der Waals surface area contributed by atoms with Crippen LogP contribution in [0.3, 0.4) is 0 Å². The van der Waals surface area contributed by atoms with Crippen LogP contribution < -0.4 is 14.4 Å². The lowest BCUT2D eigenvalue weighted by Gasteiger charge is -2.19. The molecule has 7 heteroatoms. The quantitative estimate of drug-likeness (QED) is 0.654. The van der Waals surface area contributed by atoms with E-state index in [4.69, 9.17) is 14.0 Å². The minimum Gasteiger partial charge on any atom is -0.497 e. The molecule has 2 heterocycles. The lowest BCUT2D eigenvalue weighted by atomic mass is 10.1. The molecule has 0 N–H and O–H groups in total. The predicted molar refractivity (Wildman–Crippen MR) is 108 cm³/mol. The Morgan fingerprint density at radius 3 is 2.48 bits per heavy atom. The van der Waals surface area contributed by atoms with E-state index in [0.29, 0.717) is 36.2 Å². The van der Waals surface area contributed by atoms with Crippen LogP contribution in [-0.4, -0.2) is 36.8 Å². The van der Waals surface area contributed by atoms with Crippen molar-refractivity contribution in [2.24, 2.45) is 0 Å². The van der Waals surface area contributed by atoms with Crippen molar-refractivity contribution in [1.29, 1.82) is 0 Å². The van der Waals surface area contributed by atoms with Crippen molar-refractivity contribution in [3.05, 3.63) is 53.4 Å². The van der Waals surface area contributed by atoms with Crippen molar-refractivity contribution in [2.45, 2.75) is 26.2 Å². The molecule has 29 heavy (non-hydrogen) atoms. The molecule has 1 amide bonds. The summed E-state index contributed by atoms with van der Waals surface area (Å²) < 4.78 is 16.1. The molecule has 150 valence electrons. The molecule has 1 unspecified atom stereocenters. The van der Waals surface area contributed by atoms with Gasteiger partial charge in [-0.3, -0.25) is 4.79 Å². The highest BCUT2D eigenvalue weighted by Gasteiger charge is 2.35. The topological polar surface area (TPSA) is 77.7 Å². The summed E-state index contributed by atoms with van der Waals surface area (Å²) >= 11 is 0. The number of amides is 1. The molecule has 0 radical (unpaired) electrons. The van der Waals surface area contributed by atoms with Crippen LogP contribution in [0.15, 0.2) is 40.9 Å². The molecule has 3 aromatic rings. The maximum Gasteiger partial charge on any atom is 0.232 e. The van der Waals surface area contributed by atoms with Gasteiger partial charge in [-0.1, -0.05) is 17.3 Å². The fourth-order valence-corrected chi connectivity index (χ4v) is 3.57. The lowest BCUT2D eigenvalue weighted by Crippen LogP contribution is -2.25. The van der Waals surface area contributed by atoms with E-state index in [9.17, 15) is 4.79 Å². The summed E-state index contributed by atoms with van der Waals surface area (Å²) in [6.45, 7) is 4.55. The molecule has 0 bridgehead atoms. The van der Waals surface area contributed by atoms with Gasteiger partial charge < -0.3 is 18.9 Å². The van der Waals surface area contributed by atoms with Crippen molar-refractivity contribution in [3.8, 4) is 22.9 Å². The van der Waals surface area contributed by atoms with Crippen LogP contribution in [0.5, 0.6) is 11.5 Å². The van der Waals surface area contributed by atoms with E-state index in [2.05, 4.69) is 10.1 Å². The SMILES string of the molecule is COc1cc(OC)cc(-c2noc(C3CC(=O)N(c4cc(C)ccc4C)C3)n2)c1. The van der Waals surface area contributed by atoms with Crippen molar-refractivity contribution >= 4 is 11.6 Å². The van der Waals surface area contributed by atoms with Gasteiger partial charge in [-0.05, 0) is 43.2 Å². The summed E-state index contributed by atoms with van der Waals surface area (Å²) in [5, 5.41) is 4.11. The second-order valence-electron chi connectivity index (χ2n) is 7.25. The number of aromatic nitrogens is 2. The molecule has 1 saturated heterocycles. The highest BCUT2D eigenvalue weighted by Crippen LogP contribution is 2.34. The van der Waals surface area contributed by atoms with Gasteiger partial charge in [0, 0.05) is 30.3 Å². The average molecular weight is 393 g/mol. The summed E-state index contributed by atoms with van der Waals surface area (Å²) in [5.41, 5.74) is 3.86. The smallest absolute Gasteiger partial charge is 0.232 e. The second-order valence-corrected chi connectivity index (χ2v) is 7.25. The number of ether oxygens (including phenoxy) is 2. The van der Waals surface area contributed by atoms with Gasteiger partial charge >= 0.3 is 0 Å². The minimum atomic E-state index is -0.142. The number of aryl methyl sites for hydroxylation is 2. The normalized spacial score (nSPS) is 16.3. The Balaban J connectivity index is 1.59. The van der Waals surface area contributed by atoms with Crippen molar-refractivity contribution in [3.63, 3.8) is 0 Å². The third-order valence-electron chi connectivity index (χ3n) is 5.18. The summed E-state index contributed by atoms with van der Waals surface area (Å²) in [5.74, 6) is 2.10. The molecule has 4 rings (SSSR count). The zero-order valence-electron chi connectivity index (χ0n) is 16.9. The molecule has 0 aliphatic carbocycles. The standard InChI is InChI=1S/C22H23N3O4/c1-13-5-6-14(2)19(7-13)25-12-16(10-20(25)26)22-23-21(24-29-22)15-8-17(27-3)11-18(9-15)28-4/h5-9,11,16H,10,12H2,1-4H3. The summed E-state index contributed by atoms with van der Waals surface area (Å²) in [4.78, 5) is 19.0. The molecule has 0 saturated carbocycles. The Bertz CT molecular complexity index is 1040. The molecule has 1 aromatic heterocycles. The van der Waals surface area contributed by atoms with Crippen LogP contribution in [0.1, 0.15) is 29.4 Å². The first-order valence-electron chi connectivity index (χ1n) is 9.43. The van der Waals surface area contributed by atoms with Gasteiger partial charge in [0.15, 0.2) is 0 Å². The second kappa shape index (κ2) is 7.58. The Hall–Kier alpha value is -3.35. The Morgan fingerprint density at radius 2 is 1.79 bits per heavy atom. The van der Waals surface area contributed by atoms with Gasteiger partial charge in [-0.2, -0.15) is 4.98 Å². The molecule has 1 aliphatic heterocycles. The third kappa shape index (κ3) is 3.68. The molecular weight excluding hydrogens is 370 g/mol. The van der Waals surface area contributed by atoms with Crippen LogP contribution in [0, 0.1) is 13.8 Å². The van der Waals surface area contributed by atoms with Gasteiger partial charge in [-0.15, -0.1) is 0 Å². The number of methoxy groups -OCH3 is 2. The van der Waals surface area contributed by atoms with Gasteiger partial charge in [0.25, 0.3) is 0 Å². The monoisotopic (exact) mass is 393 g/mol. The van der Waals surface area contributed by atoms with Gasteiger partial charge in [-0.25, -0.2) is 0 Å². The first kappa shape index (κ1) is 19.0. The fourth-order valence-electron chi connectivity index (χ4n) is 3.57. The molecule has 7 nitrogen and oxygen atoms in total. The van der Waals surface area contributed by atoms with Crippen molar-refractivity contribution < 1.29 is 18.8 Å². The fraction of sp³-hybridized carbons (Fsp3) is 0.318. The van der Waals surface area contributed by atoms with Crippen LogP contribution in [0.2, 0.25) is 0 Å². The van der Waals surface area contributed by atoms with Crippen LogP contribution in [0.25, 0.3) is 11.4 Å². The number of carbonyl (C=O) groups excluding carboxylic acids is 1. The van der Waals surface area contributed by atoms with Gasteiger partial charge in [0.1, 0.15) is 11.5 Å². The summed E-state index contributed by atoms with van der Waals surface area (Å²) in [7, 11) is 3.18. The van der Waals surface area contributed by atoms with E-state index in [1.54, 1.807) is 20.3 Å². The zero-order valence-corrected chi connectivity index (χ0v) is 16.9. The maximum atomic E-state index is 12.7. The number of hydrogen-bond acceptors (Lipinski definition) is 6. The van der Waals surface area contributed by atoms with E-state index in [0.717, 1.165) is 22.4 Å². The first-order chi connectivity index (χ1) is 14.0. The largest absolute Gasteiger partial charge is 0.497 e. The average Bonchev–Trinajstić information content (AvgIpc) is 3.36. The van der Waals surface area contributed by atoms with Crippen molar-refractivity contribution in [2.75, 3.05) is 25.7 Å². The molecule has 1 atom stereocenters. The number of benzene rings is 2.